The van der Waals surface area contributed by atoms with E-state index in [4.69, 9.17) is 14.2 Å². The van der Waals surface area contributed by atoms with Crippen LogP contribution in [0.4, 0.5) is 5.69 Å². The number of para-hydroxylation sites is 1. The van der Waals surface area contributed by atoms with Gasteiger partial charge in [-0.3, -0.25) is 9.59 Å². The van der Waals surface area contributed by atoms with Gasteiger partial charge in [0.25, 0.3) is 5.91 Å². The standard InChI is InChI=1S/C26H23NO6/c1-2-31-19-10-8-18(9-11-19)22(28)14-26(30)20-5-3-4-6-21(20)27(25(26)29)15-17-7-12-23-24(13-17)33-16-32-23/h3-13,30H,2,14-16H2,1H3/t26-/m1/s1. The van der Waals surface area contributed by atoms with E-state index in [2.05, 4.69) is 0 Å². The summed E-state index contributed by atoms with van der Waals surface area (Å²) in [5, 5.41) is 11.5. The van der Waals surface area contributed by atoms with Crippen LogP contribution in [0, 0.1) is 0 Å². The molecule has 0 spiro atoms. The van der Waals surface area contributed by atoms with Crippen molar-refractivity contribution >= 4 is 17.4 Å². The van der Waals surface area contributed by atoms with Gasteiger partial charge >= 0.3 is 0 Å². The molecule has 1 N–H and O–H groups in total. The van der Waals surface area contributed by atoms with Crippen LogP contribution in [0.3, 0.4) is 0 Å². The van der Waals surface area contributed by atoms with Gasteiger partial charge in [0.2, 0.25) is 6.79 Å². The Kier molecular flexibility index (Phi) is 5.26. The lowest BCUT2D eigenvalue weighted by Gasteiger charge is -2.23. The maximum absolute atomic E-state index is 13.5. The summed E-state index contributed by atoms with van der Waals surface area (Å²) < 4.78 is 16.2. The number of fused-ring (bicyclic) bond motifs is 2. The molecular weight excluding hydrogens is 422 g/mol. The monoisotopic (exact) mass is 445 g/mol. The van der Waals surface area contributed by atoms with Gasteiger partial charge in [0.05, 0.1) is 25.3 Å². The van der Waals surface area contributed by atoms with Crippen molar-refractivity contribution in [2.24, 2.45) is 0 Å². The van der Waals surface area contributed by atoms with Crippen LogP contribution < -0.4 is 19.1 Å². The quantitative estimate of drug-likeness (QED) is 0.557. The Bertz CT molecular complexity index is 1220. The van der Waals surface area contributed by atoms with Crippen LogP contribution in [0.1, 0.15) is 34.8 Å². The molecule has 0 aliphatic carbocycles. The van der Waals surface area contributed by atoms with Crippen molar-refractivity contribution in [3.63, 3.8) is 0 Å². The lowest BCUT2D eigenvalue weighted by Crippen LogP contribution is -2.41. The SMILES string of the molecule is CCOc1ccc(C(=O)C[C@]2(O)C(=O)N(Cc3ccc4c(c3)OCO4)c3ccccc32)cc1. The van der Waals surface area contributed by atoms with Gasteiger partial charge in [0, 0.05) is 11.1 Å². The van der Waals surface area contributed by atoms with E-state index in [1.807, 2.05) is 19.1 Å². The highest BCUT2D eigenvalue weighted by Gasteiger charge is 2.50. The summed E-state index contributed by atoms with van der Waals surface area (Å²) in [5.41, 5.74) is 0.302. The first-order valence-corrected chi connectivity index (χ1v) is 10.8. The second-order valence-electron chi connectivity index (χ2n) is 8.01. The van der Waals surface area contributed by atoms with Crippen molar-refractivity contribution in [1.82, 2.24) is 0 Å². The largest absolute Gasteiger partial charge is 0.494 e. The minimum atomic E-state index is -1.94. The second kappa shape index (κ2) is 8.26. The molecule has 1 atom stereocenters. The van der Waals surface area contributed by atoms with Gasteiger partial charge in [-0.2, -0.15) is 0 Å². The normalized spacial score (nSPS) is 18.4. The maximum atomic E-state index is 13.5. The minimum Gasteiger partial charge on any atom is -0.494 e. The Morgan fingerprint density at radius 3 is 2.61 bits per heavy atom. The number of nitrogens with zero attached hydrogens (tertiary/aromatic N) is 1. The van der Waals surface area contributed by atoms with Crippen LogP contribution in [-0.2, 0) is 16.9 Å². The highest BCUT2D eigenvalue weighted by Crippen LogP contribution is 2.44. The van der Waals surface area contributed by atoms with Crippen molar-refractivity contribution in [3.8, 4) is 17.2 Å². The second-order valence-corrected chi connectivity index (χ2v) is 8.01. The van der Waals surface area contributed by atoms with Crippen molar-refractivity contribution in [3.05, 3.63) is 83.4 Å². The van der Waals surface area contributed by atoms with Crippen LogP contribution in [0.5, 0.6) is 17.2 Å². The number of aliphatic hydroxyl groups is 1. The molecule has 2 aliphatic heterocycles. The summed E-state index contributed by atoms with van der Waals surface area (Å²) >= 11 is 0. The van der Waals surface area contributed by atoms with Gasteiger partial charge in [-0.15, -0.1) is 0 Å². The number of carbonyl (C=O) groups is 2. The fourth-order valence-electron chi connectivity index (χ4n) is 4.29. The summed E-state index contributed by atoms with van der Waals surface area (Å²) in [5.74, 6) is 1.08. The maximum Gasteiger partial charge on any atom is 0.264 e. The molecule has 2 aliphatic rings. The third kappa shape index (κ3) is 3.70. The molecule has 33 heavy (non-hydrogen) atoms. The molecule has 7 heteroatoms. The number of rotatable bonds is 7. The van der Waals surface area contributed by atoms with Crippen molar-refractivity contribution in [2.75, 3.05) is 18.3 Å². The van der Waals surface area contributed by atoms with Crippen molar-refractivity contribution < 1.29 is 28.9 Å². The fourth-order valence-corrected chi connectivity index (χ4v) is 4.29. The Morgan fingerprint density at radius 2 is 1.82 bits per heavy atom. The summed E-state index contributed by atoms with van der Waals surface area (Å²) in [6, 6.07) is 19.2. The molecule has 168 valence electrons. The van der Waals surface area contributed by atoms with E-state index >= 15 is 0 Å². The number of amides is 1. The predicted octanol–water partition coefficient (Wildman–Crippen LogP) is 3.82. The lowest BCUT2D eigenvalue weighted by atomic mass is 9.88. The molecule has 0 aromatic heterocycles. The van der Waals surface area contributed by atoms with Crippen LogP contribution >= 0.6 is 0 Å². The number of ether oxygens (including phenoxy) is 3. The van der Waals surface area contributed by atoms with E-state index < -0.39 is 11.5 Å². The first kappa shape index (κ1) is 21.0. The molecule has 0 saturated carbocycles. The van der Waals surface area contributed by atoms with Gasteiger partial charge in [0.15, 0.2) is 22.9 Å². The molecule has 0 fully saturated rings. The molecular formula is C26H23NO6. The zero-order valence-corrected chi connectivity index (χ0v) is 18.1. The summed E-state index contributed by atoms with van der Waals surface area (Å²) in [7, 11) is 0. The first-order chi connectivity index (χ1) is 16.0. The zero-order chi connectivity index (χ0) is 23.0. The molecule has 2 heterocycles. The molecule has 7 nitrogen and oxygen atoms in total. The Labute approximate surface area is 191 Å². The Hall–Kier alpha value is -3.84. The van der Waals surface area contributed by atoms with Gasteiger partial charge in [-0.25, -0.2) is 0 Å². The van der Waals surface area contributed by atoms with Crippen molar-refractivity contribution in [2.45, 2.75) is 25.5 Å². The minimum absolute atomic E-state index is 0.164. The molecule has 5 rings (SSSR count). The molecule has 0 bridgehead atoms. The van der Waals surface area contributed by atoms with E-state index in [-0.39, 0.29) is 25.5 Å². The average Bonchev–Trinajstić information content (AvgIpc) is 3.37. The van der Waals surface area contributed by atoms with Gasteiger partial charge in [-0.05, 0) is 55.0 Å². The topological polar surface area (TPSA) is 85.3 Å². The third-order valence-corrected chi connectivity index (χ3v) is 5.92. The van der Waals surface area contributed by atoms with E-state index in [1.54, 1.807) is 54.6 Å². The molecule has 3 aromatic carbocycles. The molecule has 0 saturated heterocycles. The fraction of sp³-hybridized carbons (Fsp3) is 0.231. The summed E-state index contributed by atoms with van der Waals surface area (Å²) in [6.45, 7) is 2.80. The number of ketones is 1. The number of hydrogen-bond donors (Lipinski definition) is 1. The predicted molar refractivity (Wildman–Crippen MR) is 121 cm³/mol. The highest BCUT2D eigenvalue weighted by molar-refractivity contribution is 6.10. The highest BCUT2D eigenvalue weighted by atomic mass is 16.7. The third-order valence-electron chi connectivity index (χ3n) is 5.92. The van der Waals surface area contributed by atoms with E-state index in [0.29, 0.717) is 40.7 Å². The molecule has 0 radical (unpaired) electrons. The molecule has 0 unspecified atom stereocenters. The summed E-state index contributed by atoms with van der Waals surface area (Å²) in [6.07, 6.45) is -0.353. The van der Waals surface area contributed by atoms with Crippen LogP contribution in [0.15, 0.2) is 66.7 Å². The number of Topliss-reactive ketones (excluding diaryl/α,β-unsaturated/α-hetero) is 1. The number of anilines is 1. The number of hydrogen-bond acceptors (Lipinski definition) is 6. The van der Waals surface area contributed by atoms with Crippen molar-refractivity contribution in [1.29, 1.82) is 0 Å². The van der Waals surface area contributed by atoms with Crippen LogP contribution in [-0.4, -0.2) is 30.2 Å². The number of benzene rings is 3. The van der Waals surface area contributed by atoms with Crippen LogP contribution in [0.25, 0.3) is 0 Å². The van der Waals surface area contributed by atoms with Gasteiger partial charge in [0.1, 0.15) is 5.75 Å². The molecule has 1 amide bonds. The smallest absolute Gasteiger partial charge is 0.264 e. The summed E-state index contributed by atoms with van der Waals surface area (Å²) in [4.78, 5) is 28.0. The Morgan fingerprint density at radius 1 is 1.06 bits per heavy atom. The zero-order valence-electron chi connectivity index (χ0n) is 18.1. The molecule has 3 aromatic rings. The van der Waals surface area contributed by atoms with E-state index in [9.17, 15) is 14.7 Å². The average molecular weight is 445 g/mol. The van der Waals surface area contributed by atoms with E-state index in [1.165, 1.54) is 4.90 Å². The lowest BCUT2D eigenvalue weighted by molar-refractivity contribution is -0.136. The van der Waals surface area contributed by atoms with Gasteiger partial charge in [-0.1, -0.05) is 24.3 Å². The number of carbonyl (C=O) groups excluding carboxylic acids is 2. The van der Waals surface area contributed by atoms with Gasteiger partial charge < -0.3 is 24.2 Å². The first-order valence-electron chi connectivity index (χ1n) is 10.8. The van der Waals surface area contributed by atoms with Crippen LogP contribution in [0.2, 0.25) is 0 Å². The Balaban J connectivity index is 1.42. The van der Waals surface area contributed by atoms with E-state index in [0.717, 1.165) is 5.56 Å².